The minimum atomic E-state index is -1.23. The zero-order valence-electron chi connectivity index (χ0n) is 9.77. The van der Waals surface area contributed by atoms with Crippen molar-refractivity contribution in [2.75, 3.05) is 5.32 Å². The lowest BCUT2D eigenvalue weighted by atomic mass is 10.2. The van der Waals surface area contributed by atoms with E-state index in [1.54, 1.807) is 0 Å². The van der Waals surface area contributed by atoms with Gasteiger partial charge in [-0.2, -0.15) is 0 Å². The molecular weight excluding hydrogens is 286 g/mol. The van der Waals surface area contributed by atoms with Crippen LogP contribution in [-0.4, -0.2) is 26.9 Å². The van der Waals surface area contributed by atoms with E-state index in [-0.39, 0.29) is 21.9 Å². The molecule has 0 aliphatic rings. The third-order valence-corrected chi connectivity index (χ3v) is 3.18. The molecule has 1 amide bonds. The first kappa shape index (κ1) is 13.6. The Balaban J connectivity index is 2.23. The lowest BCUT2D eigenvalue weighted by Crippen LogP contribution is -2.15. The summed E-state index contributed by atoms with van der Waals surface area (Å²) in [6.45, 7) is 0. The van der Waals surface area contributed by atoms with Crippen LogP contribution in [-0.2, 0) is 0 Å². The minimum Gasteiger partial charge on any atom is -0.478 e. The molecule has 0 unspecified atom stereocenters. The first-order chi connectivity index (χ1) is 9.49. The number of anilines is 1. The van der Waals surface area contributed by atoms with Crippen LogP contribution in [0.3, 0.4) is 0 Å². The molecule has 102 valence electrons. The SMILES string of the molecule is O=C(Nc1ncccc1C(=O)O)c1csc([N+](=O)[O-])c1. The zero-order chi connectivity index (χ0) is 14.7. The summed E-state index contributed by atoms with van der Waals surface area (Å²) in [5.74, 6) is -2.00. The highest BCUT2D eigenvalue weighted by Crippen LogP contribution is 2.23. The fourth-order valence-corrected chi connectivity index (χ4v) is 2.10. The number of thiophene rings is 1. The van der Waals surface area contributed by atoms with Crippen molar-refractivity contribution in [2.24, 2.45) is 0 Å². The number of hydrogen-bond donors (Lipinski definition) is 2. The van der Waals surface area contributed by atoms with Crippen molar-refractivity contribution in [3.8, 4) is 0 Å². The second kappa shape index (κ2) is 5.45. The predicted octanol–water partition coefficient (Wildman–Crippen LogP) is 2.00. The monoisotopic (exact) mass is 293 g/mol. The molecule has 0 radical (unpaired) electrons. The molecule has 2 heterocycles. The van der Waals surface area contributed by atoms with E-state index >= 15 is 0 Å². The van der Waals surface area contributed by atoms with Crippen LogP contribution in [0.5, 0.6) is 0 Å². The molecule has 0 bridgehead atoms. The van der Waals surface area contributed by atoms with E-state index in [0.29, 0.717) is 0 Å². The van der Waals surface area contributed by atoms with Crippen LogP contribution in [0.15, 0.2) is 29.8 Å². The van der Waals surface area contributed by atoms with Gasteiger partial charge in [0.25, 0.3) is 5.91 Å². The molecule has 2 rings (SSSR count). The number of carboxylic acids is 1. The number of nitrogens with zero attached hydrogens (tertiary/aromatic N) is 2. The van der Waals surface area contributed by atoms with Crippen LogP contribution in [0, 0.1) is 10.1 Å². The van der Waals surface area contributed by atoms with Crippen molar-refractivity contribution < 1.29 is 19.6 Å². The van der Waals surface area contributed by atoms with Gasteiger partial charge in [-0.25, -0.2) is 9.78 Å². The number of aromatic nitrogens is 1. The highest BCUT2D eigenvalue weighted by atomic mass is 32.1. The molecule has 0 saturated carbocycles. The summed E-state index contributed by atoms with van der Waals surface area (Å²) >= 11 is 0.810. The van der Waals surface area contributed by atoms with E-state index in [1.165, 1.54) is 23.7 Å². The number of carbonyl (C=O) groups is 2. The molecule has 0 aliphatic heterocycles. The minimum absolute atomic E-state index is 0.0729. The molecule has 8 nitrogen and oxygen atoms in total. The van der Waals surface area contributed by atoms with Crippen molar-refractivity contribution in [1.29, 1.82) is 0 Å². The third-order valence-electron chi connectivity index (χ3n) is 2.30. The Labute approximate surface area is 115 Å². The van der Waals surface area contributed by atoms with Crippen LogP contribution in [0.2, 0.25) is 0 Å². The molecular formula is C11H7N3O5S. The molecule has 0 aromatic carbocycles. The van der Waals surface area contributed by atoms with E-state index in [2.05, 4.69) is 10.3 Å². The van der Waals surface area contributed by atoms with Gasteiger partial charge in [-0.3, -0.25) is 14.9 Å². The maximum absolute atomic E-state index is 11.9. The molecule has 0 aliphatic carbocycles. The Morgan fingerprint density at radius 1 is 1.45 bits per heavy atom. The number of amides is 1. The number of aromatic carboxylic acids is 1. The molecule has 2 aromatic heterocycles. The first-order valence-electron chi connectivity index (χ1n) is 5.21. The van der Waals surface area contributed by atoms with Crippen molar-refractivity contribution >= 4 is 34.0 Å². The van der Waals surface area contributed by atoms with Gasteiger partial charge in [0.15, 0.2) is 0 Å². The predicted molar refractivity (Wildman–Crippen MR) is 70.1 cm³/mol. The van der Waals surface area contributed by atoms with Crippen LogP contribution in [0.4, 0.5) is 10.8 Å². The van der Waals surface area contributed by atoms with Crippen molar-refractivity contribution in [3.63, 3.8) is 0 Å². The van der Waals surface area contributed by atoms with E-state index < -0.39 is 16.8 Å². The van der Waals surface area contributed by atoms with Crippen LogP contribution in [0.25, 0.3) is 0 Å². The highest BCUT2D eigenvalue weighted by molar-refractivity contribution is 7.13. The average molecular weight is 293 g/mol. The maximum Gasteiger partial charge on any atom is 0.339 e. The Morgan fingerprint density at radius 2 is 2.20 bits per heavy atom. The zero-order valence-corrected chi connectivity index (χ0v) is 10.6. The summed E-state index contributed by atoms with van der Waals surface area (Å²) in [5.41, 5.74) is -0.0886. The van der Waals surface area contributed by atoms with E-state index in [4.69, 9.17) is 5.11 Å². The lowest BCUT2D eigenvalue weighted by molar-refractivity contribution is -0.380. The molecule has 20 heavy (non-hydrogen) atoms. The molecule has 0 saturated heterocycles. The summed E-state index contributed by atoms with van der Waals surface area (Å²) < 4.78 is 0. The van der Waals surface area contributed by atoms with Gasteiger partial charge < -0.3 is 10.4 Å². The Bertz CT molecular complexity index is 697. The second-order valence-electron chi connectivity index (χ2n) is 3.59. The van der Waals surface area contributed by atoms with Gasteiger partial charge in [0, 0.05) is 17.6 Å². The normalized spacial score (nSPS) is 10.0. The van der Waals surface area contributed by atoms with Crippen LogP contribution >= 0.6 is 11.3 Å². The Hall–Kier alpha value is -2.81. The second-order valence-corrected chi connectivity index (χ2v) is 4.48. The van der Waals surface area contributed by atoms with Crippen molar-refractivity contribution in [3.05, 3.63) is 51.0 Å². The summed E-state index contributed by atoms with van der Waals surface area (Å²) in [5, 5.41) is 22.9. The van der Waals surface area contributed by atoms with E-state index in [9.17, 15) is 19.7 Å². The van der Waals surface area contributed by atoms with Gasteiger partial charge in [0.05, 0.1) is 10.5 Å². The number of carbonyl (C=O) groups excluding carboxylic acids is 1. The molecule has 0 atom stereocenters. The molecule has 2 N–H and O–H groups in total. The molecule has 9 heteroatoms. The van der Waals surface area contributed by atoms with Gasteiger partial charge in [-0.05, 0) is 12.1 Å². The van der Waals surface area contributed by atoms with Gasteiger partial charge in [0.1, 0.15) is 11.4 Å². The summed E-state index contributed by atoms with van der Waals surface area (Å²) in [4.78, 5) is 36.5. The smallest absolute Gasteiger partial charge is 0.339 e. The number of nitrogens with one attached hydrogen (secondary N) is 1. The van der Waals surface area contributed by atoms with Gasteiger partial charge >= 0.3 is 11.0 Å². The fraction of sp³-hybridized carbons (Fsp3) is 0. The fourth-order valence-electron chi connectivity index (χ4n) is 1.40. The van der Waals surface area contributed by atoms with Crippen molar-refractivity contribution in [1.82, 2.24) is 4.98 Å². The highest BCUT2D eigenvalue weighted by Gasteiger charge is 2.18. The standard InChI is InChI=1S/C11H7N3O5S/c15-10(6-4-8(14(18)19)20-5-6)13-9-7(11(16)17)2-1-3-12-9/h1-5H,(H,16,17)(H,12,13,15). The number of pyridine rings is 1. The topological polar surface area (TPSA) is 122 Å². The van der Waals surface area contributed by atoms with Gasteiger partial charge in [0.2, 0.25) is 0 Å². The van der Waals surface area contributed by atoms with Gasteiger partial charge in [-0.1, -0.05) is 11.3 Å². The Kier molecular flexibility index (Phi) is 3.71. The molecule has 0 fully saturated rings. The number of rotatable bonds is 4. The summed E-state index contributed by atoms with van der Waals surface area (Å²) in [6.07, 6.45) is 1.33. The van der Waals surface area contributed by atoms with Crippen LogP contribution < -0.4 is 5.32 Å². The third kappa shape index (κ3) is 2.78. The summed E-state index contributed by atoms with van der Waals surface area (Å²) in [7, 11) is 0. The number of carboxylic acid groups (broad SMARTS) is 1. The maximum atomic E-state index is 11.9. The average Bonchev–Trinajstić information content (AvgIpc) is 2.89. The van der Waals surface area contributed by atoms with Crippen LogP contribution in [0.1, 0.15) is 20.7 Å². The van der Waals surface area contributed by atoms with E-state index in [1.807, 2.05) is 0 Å². The lowest BCUT2D eigenvalue weighted by Gasteiger charge is -2.05. The Morgan fingerprint density at radius 3 is 2.80 bits per heavy atom. The molecule has 2 aromatic rings. The van der Waals surface area contributed by atoms with E-state index in [0.717, 1.165) is 17.4 Å². The van der Waals surface area contributed by atoms with Crippen molar-refractivity contribution in [2.45, 2.75) is 0 Å². The summed E-state index contributed by atoms with van der Waals surface area (Å²) in [6, 6.07) is 3.83. The first-order valence-corrected chi connectivity index (χ1v) is 6.09. The largest absolute Gasteiger partial charge is 0.478 e. The van der Waals surface area contributed by atoms with Gasteiger partial charge in [-0.15, -0.1) is 0 Å². The number of nitro groups is 1. The number of hydrogen-bond acceptors (Lipinski definition) is 6. The molecule has 0 spiro atoms. The quantitative estimate of drug-likeness (QED) is 0.656.